The highest BCUT2D eigenvalue weighted by atomic mass is 79.9. The Kier molecular flexibility index (Phi) is 4.48. The van der Waals surface area contributed by atoms with Gasteiger partial charge < -0.3 is 0 Å². The Morgan fingerprint density at radius 1 is 1.29 bits per heavy atom. The van der Waals surface area contributed by atoms with E-state index in [0.29, 0.717) is 0 Å². The van der Waals surface area contributed by atoms with Gasteiger partial charge in [-0.15, -0.1) is 0 Å². The van der Waals surface area contributed by atoms with Crippen molar-refractivity contribution in [2.24, 2.45) is 5.92 Å². The van der Waals surface area contributed by atoms with Crippen LogP contribution in [0.2, 0.25) is 0 Å². The number of anilines is 1. The van der Waals surface area contributed by atoms with Crippen LogP contribution in [0.1, 0.15) is 13.8 Å². The Hall–Kier alpha value is -0.690. The van der Waals surface area contributed by atoms with Crippen molar-refractivity contribution in [2.45, 2.75) is 13.8 Å². The minimum atomic E-state index is -3.66. The summed E-state index contributed by atoms with van der Waals surface area (Å²) in [6.07, 6.45) is 0. The second kappa shape index (κ2) is 5.30. The predicted octanol–water partition coefficient (Wildman–Crippen LogP) is 3.13. The maximum atomic E-state index is 13.4. The van der Waals surface area contributed by atoms with Gasteiger partial charge in [-0.2, -0.15) is 0 Å². The second-order valence-electron chi connectivity index (χ2n) is 4.02. The third kappa shape index (κ3) is 4.23. The van der Waals surface area contributed by atoms with E-state index in [2.05, 4.69) is 15.9 Å². The van der Waals surface area contributed by atoms with Gasteiger partial charge in [-0.3, -0.25) is 4.72 Å². The maximum Gasteiger partial charge on any atom is 0.233 e. The van der Waals surface area contributed by atoms with Crippen LogP contribution < -0.4 is 4.72 Å². The number of hydrogen-bond acceptors (Lipinski definition) is 2. The van der Waals surface area contributed by atoms with Crippen molar-refractivity contribution in [1.82, 2.24) is 0 Å². The van der Waals surface area contributed by atoms with Crippen LogP contribution in [0.4, 0.5) is 14.5 Å². The topological polar surface area (TPSA) is 46.2 Å². The molecule has 17 heavy (non-hydrogen) atoms. The Balaban J connectivity index is 3.00. The van der Waals surface area contributed by atoms with Gasteiger partial charge >= 0.3 is 0 Å². The minimum absolute atomic E-state index is 0.0539. The molecular formula is C10H12BrF2NO2S. The third-order valence-electron chi connectivity index (χ3n) is 1.83. The molecule has 1 rings (SSSR count). The van der Waals surface area contributed by atoms with Crippen molar-refractivity contribution < 1.29 is 17.2 Å². The quantitative estimate of drug-likeness (QED) is 0.863. The third-order valence-corrected chi connectivity index (χ3v) is 4.07. The lowest BCUT2D eigenvalue weighted by Crippen LogP contribution is -2.20. The number of sulfonamides is 1. The average molecular weight is 328 g/mol. The van der Waals surface area contributed by atoms with E-state index in [-0.39, 0.29) is 21.8 Å². The van der Waals surface area contributed by atoms with Crippen LogP contribution in [-0.2, 0) is 10.0 Å². The highest BCUT2D eigenvalue weighted by Gasteiger charge is 2.16. The minimum Gasteiger partial charge on any atom is -0.280 e. The zero-order valence-corrected chi connectivity index (χ0v) is 11.7. The Labute approximate surface area is 107 Å². The number of halogens is 3. The molecule has 0 fully saturated rings. The van der Waals surface area contributed by atoms with Crippen molar-refractivity contribution in [2.75, 3.05) is 10.5 Å². The fourth-order valence-corrected chi connectivity index (χ4v) is 3.02. The molecule has 0 unspecified atom stereocenters. The molecule has 0 saturated carbocycles. The summed E-state index contributed by atoms with van der Waals surface area (Å²) in [6, 6.07) is 1.68. The molecule has 96 valence electrons. The van der Waals surface area contributed by atoms with Gasteiger partial charge in [-0.1, -0.05) is 13.8 Å². The van der Waals surface area contributed by atoms with Gasteiger partial charge in [0.2, 0.25) is 10.0 Å². The molecule has 0 aliphatic carbocycles. The maximum absolute atomic E-state index is 13.4. The molecule has 0 spiro atoms. The van der Waals surface area contributed by atoms with E-state index in [0.717, 1.165) is 12.1 Å². The number of benzene rings is 1. The SMILES string of the molecule is CC(C)CS(=O)(=O)Nc1cc(F)c(Br)cc1F. The van der Waals surface area contributed by atoms with Gasteiger partial charge in [0, 0.05) is 6.07 Å². The first-order chi connectivity index (χ1) is 7.71. The molecule has 7 heteroatoms. The van der Waals surface area contributed by atoms with E-state index in [1.807, 2.05) is 4.72 Å². The van der Waals surface area contributed by atoms with Gasteiger partial charge in [-0.05, 0) is 27.9 Å². The molecule has 3 nitrogen and oxygen atoms in total. The highest BCUT2D eigenvalue weighted by Crippen LogP contribution is 2.24. The van der Waals surface area contributed by atoms with E-state index < -0.39 is 21.7 Å². The van der Waals surface area contributed by atoms with E-state index >= 15 is 0 Å². The summed E-state index contributed by atoms with van der Waals surface area (Å²) in [5.41, 5.74) is -0.383. The highest BCUT2D eigenvalue weighted by molar-refractivity contribution is 9.10. The van der Waals surface area contributed by atoms with Crippen molar-refractivity contribution in [3.63, 3.8) is 0 Å². The lowest BCUT2D eigenvalue weighted by atomic mass is 10.3. The first kappa shape index (κ1) is 14.4. The number of rotatable bonds is 4. The van der Waals surface area contributed by atoms with Gasteiger partial charge in [0.15, 0.2) is 0 Å². The van der Waals surface area contributed by atoms with E-state index in [9.17, 15) is 17.2 Å². The summed E-state index contributed by atoms with van der Waals surface area (Å²) >= 11 is 2.81. The van der Waals surface area contributed by atoms with Crippen LogP contribution in [0.5, 0.6) is 0 Å². The molecule has 0 amide bonds. The monoisotopic (exact) mass is 327 g/mol. The van der Waals surface area contributed by atoms with E-state index in [1.54, 1.807) is 13.8 Å². The summed E-state index contributed by atoms with van der Waals surface area (Å²) in [4.78, 5) is 0. The summed E-state index contributed by atoms with van der Waals surface area (Å²) < 4.78 is 51.6. The first-order valence-corrected chi connectivity index (χ1v) is 7.31. The van der Waals surface area contributed by atoms with Crippen LogP contribution in [0.15, 0.2) is 16.6 Å². The van der Waals surface area contributed by atoms with Gasteiger partial charge in [0.25, 0.3) is 0 Å². The zero-order valence-electron chi connectivity index (χ0n) is 9.30. The van der Waals surface area contributed by atoms with Crippen molar-refractivity contribution in [3.05, 3.63) is 28.2 Å². The molecule has 0 saturated heterocycles. The molecule has 0 aliphatic rings. The lowest BCUT2D eigenvalue weighted by Gasteiger charge is -2.11. The van der Waals surface area contributed by atoms with Gasteiger partial charge in [0.1, 0.15) is 11.6 Å². The van der Waals surface area contributed by atoms with Crippen molar-refractivity contribution in [1.29, 1.82) is 0 Å². The standard InChI is InChI=1S/C10H12BrF2NO2S/c1-6(2)5-17(15,16)14-10-4-8(12)7(11)3-9(10)13/h3-4,6,14H,5H2,1-2H3. The Bertz CT molecular complexity index is 517. The lowest BCUT2D eigenvalue weighted by molar-refractivity contribution is 0.583. The molecule has 0 aliphatic heterocycles. The summed E-state index contributed by atoms with van der Waals surface area (Å²) in [6.45, 7) is 3.44. The average Bonchev–Trinajstić information content (AvgIpc) is 2.11. The zero-order chi connectivity index (χ0) is 13.2. The molecule has 1 N–H and O–H groups in total. The first-order valence-electron chi connectivity index (χ1n) is 4.86. The molecule has 0 heterocycles. The van der Waals surface area contributed by atoms with E-state index in [1.165, 1.54) is 0 Å². The Morgan fingerprint density at radius 3 is 2.41 bits per heavy atom. The van der Waals surface area contributed by atoms with Gasteiger partial charge in [-0.25, -0.2) is 17.2 Å². The fraction of sp³-hybridized carbons (Fsp3) is 0.400. The second-order valence-corrected chi connectivity index (χ2v) is 6.64. The number of hydrogen-bond donors (Lipinski definition) is 1. The predicted molar refractivity (Wildman–Crippen MR) is 66.3 cm³/mol. The largest absolute Gasteiger partial charge is 0.280 e. The van der Waals surface area contributed by atoms with Gasteiger partial charge in [0.05, 0.1) is 15.9 Å². The van der Waals surface area contributed by atoms with Crippen LogP contribution in [0, 0.1) is 17.6 Å². The van der Waals surface area contributed by atoms with Crippen LogP contribution in [0.3, 0.4) is 0 Å². The molecule has 0 radical (unpaired) electrons. The smallest absolute Gasteiger partial charge is 0.233 e. The van der Waals surface area contributed by atoms with E-state index in [4.69, 9.17) is 0 Å². The normalized spacial score (nSPS) is 11.9. The molecule has 1 aromatic carbocycles. The Morgan fingerprint density at radius 2 is 1.88 bits per heavy atom. The summed E-state index contributed by atoms with van der Waals surface area (Å²) in [7, 11) is -3.66. The summed E-state index contributed by atoms with van der Waals surface area (Å²) in [5, 5.41) is 0. The van der Waals surface area contributed by atoms with Crippen LogP contribution in [0.25, 0.3) is 0 Å². The molecule has 0 bridgehead atoms. The molecule has 1 aromatic rings. The molecular weight excluding hydrogens is 316 g/mol. The molecule has 0 aromatic heterocycles. The van der Waals surface area contributed by atoms with Crippen molar-refractivity contribution in [3.8, 4) is 0 Å². The van der Waals surface area contributed by atoms with Crippen LogP contribution >= 0.6 is 15.9 Å². The fourth-order valence-electron chi connectivity index (χ4n) is 1.25. The summed E-state index contributed by atoms with van der Waals surface area (Å²) in [5.74, 6) is -1.81. The molecule has 0 atom stereocenters. The van der Waals surface area contributed by atoms with Crippen LogP contribution in [-0.4, -0.2) is 14.2 Å². The van der Waals surface area contributed by atoms with Crippen molar-refractivity contribution >= 4 is 31.6 Å². The number of nitrogens with one attached hydrogen (secondary N) is 1.